The molecule has 0 spiro atoms. The zero-order valence-corrected chi connectivity index (χ0v) is 13.8. The summed E-state index contributed by atoms with van der Waals surface area (Å²) < 4.78 is 0. The van der Waals surface area contributed by atoms with Crippen LogP contribution in [0.5, 0.6) is 0 Å². The van der Waals surface area contributed by atoms with Crippen LogP contribution in [0, 0.1) is 0 Å². The maximum absolute atomic E-state index is 12.3. The molecule has 1 aromatic heterocycles. The first kappa shape index (κ1) is 16.7. The molecule has 0 saturated heterocycles. The molecule has 120 valence electrons. The zero-order valence-electron chi connectivity index (χ0n) is 13.8. The Morgan fingerprint density at radius 1 is 1.26 bits per heavy atom. The van der Waals surface area contributed by atoms with E-state index in [2.05, 4.69) is 36.3 Å². The van der Waals surface area contributed by atoms with Crippen LogP contribution in [-0.2, 0) is 10.2 Å². The van der Waals surface area contributed by atoms with E-state index < -0.39 is 0 Å². The SMILES string of the molecule is CC(=O)Nc1cccc(C(=O)C=Cc2cn[nH]c2C(C)(C)C)c1. The molecule has 23 heavy (non-hydrogen) atoms. The summed E-state index contributed by atoms with van der Waals surface area (Å²) in [5.41, 5.74) is 2.92. The van der Waals surface area contributed by atoms with Crippen molar-refractivity contribution in [1.82, 2.24) is 10.2 Å². The lowest BCUT2D eigenvalue weighted by molar-refractivity contribution is -0.114. The largest absolute Gasteiger partial charge is 0.326 e. The van der Waals surface area contributed by atoms with Gasteiger partial charge in [-0.05, 0) is 24.3 Å². The Balaban J connectivity index is 2.19. The van der Waals surface area contributed by atoms with Crippen molar-refractivity contribution in [2.75, 3.05) is 5.32 Å². The normalized spacial score (nSPS) is 11.7. The van der Waals surface area contributed by atoms with Crippen LogP contribution in [-0.4, -0.2) is 21.9 Å². The number of nitrogens with zero attached hydrogens (tertiary/aromatic N) is 1. The summed E-state index contributed by atoms with van der Waals surface area (Å²) in [7, 11) is 0. The molecular formula is C18H21N3O2. The molecule has 1 aromatic carbocycles. The lowest BCUT2D eigenvalue weighted by Gasteiger charge is -2.17. The van der Waals surface area contributed by atoms with E-state index in [9.17, 15) is 9.59 Å². The number of rotatable bonds is 4. The first-order valence-electron chi connectivity index (χ1n) is 7.41. The number of ketones is 1. The predicted octanol–water partition coefficient (Wildman–Crippen LogP) is 3.56. The summed E-state index contributed by atoms with van der Waals surface area (Å²) in [6.45, 7) is 7.67. The molecule has 0 aliphatic rings. The molecular weight excluding hydrogens is 290 g/mol. The number of hydrogen-bond acceptors (Lipinski definition) is 3. The Kier molecular flexibility index (Phi) is 4.79. The standard InChI is InChI=1S/C18H21N3O2/c1-12(22)20-15-7-5-6-13(10-15)16(23)9-8-14-11-19-21-17(14)18(2,3)4/h5-11H,1-4H3,(H,19,21)(H,20,22). The van der Waals surface area contributed by atoms with Crippen molar-refractivity contribution in [3.63, 3.8) is 0 Å². The minimum atomic E-state index is -0.168. The van der Waals surface area contributed by atoms with Gasteiger partial charge in [-0.25, -0.2) is 0 Å². The average molecular weight is 311 g/mol. The monoisotopic (exact) mass is 311 g/mol. The second-order valence-electron chi connectivity index (χ2n) is 6.41. The van der Waals surface area contributed by atoms with Crippen molar-refractivity contribution in [3.8, 4) is 0 Å². The number of carbonyl (C=O) groups excluding carboxylic acids is 2. The number of hydrogen-bond donors (Lipinski definition) is 2. The first-order valence-corrected chi connectivity index (χ1v) is 7.41. The minimum absolute atomic E-state index is 0.0788. The summed E-state index contributed by atoms with van der Waals surface area (Å²) in [5.74, 6) is -0.295. The lowest BCUT2D eigenvalue weighted by Crippen LogP contribution is -2.13. The van der Waals surface area contributed by atoms with E-state index in [1.165, 1.54) is 13.0 Å². The third-order valence-corrected chi connectivity index (χ3v) is 3.30. The van der Waals surface area contributed by atoms with Crippen LogP contribution in [0.3, 0.4) is 0 Å². The van der Waals surface area contributed by atoms with Gasteiger partial charge in [0.25, 0.3) is 0 Å². The van der Waals surface area contributed by atoms with Crippen molar-refractivity contribution >= 4 is 23.5 Å². The van der Waals surface area contributed by atoms with Gasteiger partial charge >= 0.3 is 0 Å². The van der Waals surface area contributed by atoms with Gasteiger partial charge < -0.3 is 5.32 Å². The second-order valence-corrected chi connectivity index (χ2v) is 6.41. The van der Waals surface area contributed by atoms with E-state index in [1.54, 1.807) is 36.5 Å². The Morgan fingerprint density at radius 2 is 2.00 bits per heavy atom. The minimum Gasteiger partial charge on any atom is -0.326 e. The van der Waals surface area contributed by atoms with Crippen molar-refractivity contribution in [2.24, 2.45) is 0 Å². The Bertz CT molecular complexity index is 752. The van der Waals surface area contributed by atoms with Gasteiger partial charge in [-0.3, -0.25) is 14.7 Å². The fraction of sp³-hybridized carbons (Fsp3) is 0.278. The Labute approximate surface area is 135 Å². The third kappa shape index (κ3) is 4.39. The summed E-state index contributed by atoms with van der Waals surface area (Å²) in [6, 6.07) is 6.87. The number of H-pyrrole nitrogens is 1. The van der Waals surface area contributed by atoms with Gasteiger partial charge in [-0.1, -0.05) is 32.9 Å². The van der Waals surface area contributed by atoms with Crippen molar-refractivity contribution in [3.05, 3.63) is 53.4 Å². The number of anilines is 1. The Morgan fingerprint density at radius 3 is 2.65 bits per heavy atom. The molecule has 5 nitrogen and oxygen atoms in total. The highest BCUT2D eigenvalue weighted by Gasteiger charge is 2.18. The van der Waals surface area contributed by atoms with Gasteiger partial charge in [0.05, 0.1) is 6.20 Å². The molecule has 1 heterocycles. The number of amides is 1. The van der Waals surface area contributed by atoms with Crippen LogP contribution in [0.1, 0.15) is 49.3 Å². The quantitative estimate of drug-likeness (QED) is 0.669. The van der Waals surface area contributed by atoms with Crippen LogP contribution in [0.15, 0.2) is 36.5 Å². The molecule has 2 N–H and O–H groups in total. The van der Waals surface area contributed by atoms with E-state index in [-0.39, 0.29) is 17.1 Å². The molecule has 2 aromatic rings. The number of aromatic nitrogens is 2. The van der Waals surface area contributed by atoms with Crippen molar-refractivity contribution in [1.29, 1.82) is 0 Å². The number of carbonyl (C=O) groups is 2. The van der Waals surface area contributed by atoms with Gasteiger partial charge in [0.2, 0.25) is 5.91 Å². The molecule has 0 aliphatic carbocycles. The van der Waals surface area contributed by atoms with Crippen LogP contribution in [0.4, 0.5) is 5.69 Å². The van der Waals surface area contributed by atoms with E-state index in [0.717, 1.165) is 11.3 Å². The number of nitrogens with one attached hydrogen (secondary N) is 2. The van der Waals surface area contributed by atoms with Gasteiger partial charge in [0, 0.05) is 34.8 Å². The molecule has 0 unspecified atom stereocenters. The topological polar surface area (TPSA) is 74.8 Å². The zero-order chi connectivity index (χ0) is 17.0. The smallest absolute Gasteiger partial charge is 0.221 e. The summed E-state index contributed by atoms with van der Waals surface area (Å²) in [5, 5.41) is 9.70. The maximum atomic E-state index is 12.3. The summed E-state index contributed by atoms with van der Waals surface area (Å²) in [4.78, 5) is 23.4. The maximum Gasteiger partial charge on any atom is 0.221 e. The van der Waals surface area contributed by atoms with E-state index in [0.29, 0.717) is 11.3 Å². The molecule has 0 atom stereocenters. The third-order valence-electron chi connectivity index (χ3n) is 3.30. The van der Waals surface area contributed by atoms with E-state index in [4.69, 9.17) is 0 Å². The summed E-state index contributed by atoms with van der Waals surface area (Å²) >= 11 is 0. The van der Waals surface area contributed by atoms with Gasteiger partial charge in [0.15, 0.2) is 5.78 Å². The highest BCUT2D eigenvalue weighted by atomic mass is 16.1. The second kappa shape index (κ2) is 6.60. The first-order chi connectivity index (χ1) is 10.8. The van der Waals surface area contributed by atoms with E-state index >= 15 is 0 Å². The predicted molar refractivity (Wildman–Crippen MR) is 91.4 cm³/mol. The molecule has 0 bridgehead atoms. The average Bonchev–Trinajstić information content (AvgIpc) is 2.93. The molecule has 5 heteroatoms. The van der Waals surface area contributed by atoms with Crippen LogP contribution in [0.2, 0.25) is 0 Å². The summed E-state index contributed by atoms with van der Waals surface area (Å²) in [6.07, 6.45) is 4.99. The fourth-order valence-corrected chi connectivity index (χ4v) is 2.24. The Hall–Kier alpha value is -2.69. The molecule has 0 fully saturated rings. The number of allylic oxidation sites excluding steroid dienone is 1. The van der Waals surface area contributed by atoms with E-state index in [1.807, 2.05) is 0 Å². The molecule has 0 saturated carbocycles. The fourth-order valence-electron chi connectivity index (χ4n) is 2.24. The van der Waals surface area contributed by atoms with Crippen LogP contribution >= 0.6 is 0 Å². The molecule has 0 radical (unpaired) electrons. The molecule has 0 aliphatic heterocycles. The van der Waals surface area contributed by atoms with Crippen molar-refractivity contribution in [2.45, 2.75) is 33.1 Å². The van der Waals surface area contributed by atoms with Crippen molar-refractivity contribution < 1.29 is 9.59 Å². The highest BCUT2D eigenvalue weighted by Crippen LogP contribution is 2.24. The lowest BCUT2D eigenvalue weighted by atomic mass is 9.89. The van der Waals surface area contributed by atoms with Crippen LogP contribution < -0.4 is 5.32 Å². The number of benzene rings is 1. The molecule has 2 rings (SSSR count). The number of aromatic amines is 1. The van der Waals surface area contributed by atoms with Crippen LogP contribution in [0.25, 0.3) is 6.08 Å². The van der Waals surface area contributed by atoms with Gasteiger partial charge in [-0.15, -0.1) is 0 Å². The van der Waals surface area contributed by atoms with Gasteiger partial charge in [0.1, 0.15) is 0 Å². The molecule has 1 amide bonds. The highest BCUT2D eigenvalue weighted by molar-refractivity contribution is 6.07. The van der Waals surface area contributed by atoms with Gasteiger partial charge in [-0.2, -0.15) is 5.10 Å².